The number of rotatable bonds is 8. The van der Waals surface area contributed by atoms with Crippen LogP contribution in [0.1, 0.15) is 30.1 Å². The summed E-state index contributed by atoms with van der Waals surface area (Å²) >= 11 is 0. The second-order valence-corrected chi connectivity index (χ2v) is 14.1. The number of hydrogen-bond donors (Lipinski definition) is 2. The van der Waals surface area contributed by atoms with Crippen molar-refractivity contribution in [3.63, 3.8) is 0 Å². The molecular weight excluding hydrogens is 554 g/mol. The van der Waals surface area contributed by atoms with Gasteiger partial charge in [-0.2, -0.15) is 0 Å². The van der Waals surface area contributed by atoms with Crippen LogP contribution in [0, 0.1) is 11.8 Å². The number of ether oxygens (including phenoxy) is 1. The molecule has 9 nitrogen and oxygen atoms in total. The van der Waals surface area contributed by atoms with Gasteiger partial charge in [0.25, 0.3) is 5.91 Å². The Bertz CT molecular complexity index is 1820. The molecule has 1 saturated heterocycles. The quantitative estimate of drug-likeness (QED) is 0.179. The maximum absolute atomic E-state index is 14.2. The lowest BCUT2D eigenvalue weighted by molar-refractivity contribution is -0.122. The minimum atomic E-state index is -3.01. The predicted molar refractivity (Wildman–Crippen MR) is 166 cm³/mol. The van der Waals surface area contributed by atoms with E-state index in [4.69, 9.17) is 9.15 Å². The summed E-state index contributed by atoms with van der Waals surface area (Å²) in [6.45, 7) is 4.15. The Morgan fingerprint density at radius 1 is 1.12 bits per heavy atom. The summed E-state index contributed by atoms with van der Waals surface area (Å²) in [5, 5.41) is 5.52. The number of piperidine rings is 1. The van der Waals surface area contributed by atoms with E-state index in [1.165, 1.54) is 6.07 Å². The van der Waals surface area contributed by atoms with Crippen LogP contribution in [0.5, 0.6) is 0 Å². The van der Waals surface area contributed by atoms with Gasteiger partial charge in [0.1, 0.15) is 5.58 Å². The van der Waals surface area contributed by atoms with Gasteiger partial charge in [-0.3, -0.25) is 13.8 Å². The summed E-state index contributed by atoms with van der Waals surface area (Å²) in [6, 6.07) is 17.6. The number of carbonyl (C=O) groups is 2. The fourth-order valence-corrected chi connectivity index (χ4v) is 8.23. The van der Waals surface area contributed by atoms with Gasteiger partial charge in [-0.25, -0.2) is 9.10 Å². The molecule has 3 heterocycles. The van der Waals surface area contributed by atoms with Crippen molar-refractivity contribution in [2.75, 3.05) is 49.8 Å². The first-order chi connectivity index (χ1) is 20.2. The van der Waals surface area contributed by atoms with E-state index in [1.807, 2.05) is 34.6 Å². The highest BCUT2D eigenvalue weighted by Gasteiger charge is 2.37. The first-order valence-corrected chi connectivity index (χ1v) is 16.3. The molecule has 1 aromatic heterocycles. The molecule has 2 atom stereocenters. The van der Waals surface area contributed by atoms with E-state index in [0.717, 1.165) is 29.3 Å². The fraction of sp³-hybridized carbons (Fsp3) is 0.344. The van der Waals surface area contributed by atoms with Gasteiger partial charge in [-0.1, -0.05) is 19.1 Å². The molecule has 3 aromatic carbocycles. The molecule has 1 N–H and O–H groups in total. The monoisotopic (exact) mass is 589 g/mol. The van der Waals surface area contributed by atoms with E-state index in [0.29, 0.717) is 53.4 Å². The lowest BCUT2D eigenvalue weighted by atomic mass is 9.87. The van der Waals surface area contributed by atoms with E-state index in [1.54, 1.807) is 42.5 Å². The van der Waals surface area contributed by atoms with Crippen LogP contribution in [0.25, 0.3) is 21.7 Å². The van der Waals surface area contributed by atoms with Gasteiger partial charge in [0.2, 0.25) is 5.91 Å². The highest BCUT2D eigenvalue weighted by molar-refractivity contribution is 8.00. The van der Waals surface area contributed by atoms with Crippen LogP contribution in [0.3, 0.4) is 0 Å². The third-order valence-electron chi connectivity index (χ3n) is 8.67. The Balaban J connectivity index is 1.24. The van der Waals surface area contributed by atoms with Gasteiger partial charge in [-0.05, 0) is 71.3 Å². The van der Waals surface area contributed by atoms with Crippen molar-refractivity contribution >= 4 is 55.0 Å². The molecule has 0 saturated carbocycles. The lowest BCUT2D eigenvalue weighted by Gasteiger charge is -2.42. The maximum atomic E-state index is 14.2. The van der Waals surface area contributed by atoms with Crippen molar-refractivity contribution in [2.24, 2.45) is 11.8 Å². The molecule has 2 amide bonds. The zero-order chi connectivity index (χ0) is 29.6. The summed E-state index contributed by atoms with van der Waals surface area (Å²) in [4.78, 5) is 41.0. The molecule has 0 radical (unpaired) electrons. The van der Waals surface area contributed by atoms with Gasteiger partial charge in [0.05, 0.1) is 11.6 Å². The van der Waals surface area contributed by atoms with Gasteiger partial charge in [0, 0.05) is 78.0 Å². The number of thiol groups is 1. The number of anilines is 2. The normalized spacial score (nSPS) is 19.5. The lowest BCUT2D eigenvalue weighted by Crippen LogP contribution is -2.49. The van der Waals surface area contributed by atoms with Crippen LogP contribution in [0.15, 0.2) is 74.8 Å². The smallest absolute Gasteiger partial charge is 0.336 e. The minimum absolute atomic E-state index is 0.0405. The molecule has 4 aromatic rings. The number of carbonyl (C=O) groups excluding carboxylic acids is 2. The average Bonchev–Trinajstić information content (AvgIpc) is 3.26. The van der Waals surface area contributed by atoms with Crippen LogP contribution in [-0.4, -0.2) is 59.9 Å². The van der Waals surface area contributed by atoms with Crippen molar-refractivity contribution in [3.05, 3.63) is 76.6 Å². The summed E-state index contributed by atoms with van der Waals surface area (Å²) in [7, 11) is -1.36. The van der Waals surface area contributed by atoms with Crippen molar-refractivity contribution in [1.29, 1.82) is 0 Å². The number of amides is 2. The van der Waals surface area contributed by atoms with Crippen LogP contribution >= 0.6 is 0 Å². The standard InChI is InChI=1S/C32H35N3O6S/c1-20-14-16-34(42(3,39)22-9-12-28-21(18-22)8-13-29(36)41-28)19-25(20)31(37)33-26-10-11-27-30-23(26)6-4-7-24(30)32(38)35(27)15-5-17-40-2/h4,6-13,18,20,25,42H,5,14-17,19H2,1-3H3,(H,33,37)/t20-,25?/m0/s1. The first-order valence-electron chi connectivity index (χ1n) is 14.2. The van der Waals surface area contributed by atoms with Crippen LogP contribution < -0.4 is 15.8 Å². The fourth-order valence-electron chi connectivity index (χ4n) is 6.19. The molecule has 0 bridgehead atoms. The van der Waals surface area contributed by atoms with E-state index < -0.39 is 15.7 Å². The predicted octanol–water partition coefficient (Wildman–Crippen LogP) is 4.46. The van der Waals surface area contributed by atoms with Crippen molar-refractivity contribution in [2.45, 2.75) is 24.7 Å². The number of nitrogens with zero attached hydrogens (tertiary/aromatic N) is 2. The van der Waals surface area contributed by atoms with E-state index in [9.17, 15) is 18.6 Å². The average molecular weight is 590 g/mol. The van der Waals surface area contributed by atoms with Gasteiger partial charge < -0.3 is 19.4 Å². The Morgan fingerprint density at radius 3 is 2.76 bits per heavy atom. The molecule has 6 rings (SSSR count). The molecular formula is C32H35N3O6S. The topological polar surface area (TPSA) is 109 Å². The Kier molecular flexibility index (Phi) is 7.46. The zero-order valence-electron chi connectivity index (χ0n) is 24.0. The Morgan fingerprint density at radius 2 is 1.95 bits per heavy atom. The molecule has 2 aliphatic rings. The molecule has 1 unspecified atom stereocenters. The number of benzene rings is 3. The maximum Gasteiger partial charge on any atom is 0.336 e. The minimum Gasteiger partial charge on any atom is -0.423 e. The van der Waals surface area contributed by atoms with E-state index in [-0.39, 0.29) is 23.7 Å². The largest absolute Gasteiger partial charge is 0.423 e. The van der Waals surface area contributed by atoms with Crippen molar-refractivity contribution in [3.8, 4) is 0 Å². The van der Waals surface area contributed by atoms with Crippen LogP contribution in [0.4, 0.5) is 11.4 Å². The van der Waals surface area contributed by atoms with Gasteiger partial charge in [0.15, 0.2) is 0 Å². The van der Waals surface area contributed by atoms with E-state index in [2.05, 4.69) is 12.2 Å². The second kappa shape index (κ2) is 11.1. The number of fused-ring (bicyclic) bond motifs is 1. The van der Waals surface area contributed by atoms with Crippen LogP contribution in [-0.2, 0) is 19.7 Å². The third kappa shape index (κ3) is 4.93. The summed E-state index contributed by atoms with van der Waals surface area (Å²) < 4.78 is 26.5. The summed E-state index contributed by atoms with van der Waals surface area (Å²) in [5.41, 5.74) is 2.15. The van der Waals surface area contributed by atoms with Crippen LogP contribution in [0.2, 0.25) is 0 Å². The molecule has 1 fully saturated rings. The van der Waals surface area contributed by atoms with Crippen molar-refractivity contribution in [1.82, 2.24) is 4.31 Å². The highest BCUT2D eigenvalue weighted by atomic mass is 32.3. The molecule has 0 spiro atoms. The third-order valence-corrected chi connectivity index (χ3v) is 11.3. The SMILES string of the molecule is COCCCN1C(=O)c2cccc3c(NC(=O)C4CN([SH](C)(=O)c5ccc6oc(=O)ccc6c5)CC[C@@H]4C)ccc1c23. The van der Waals surface area contributed by atoms with Gasteiger partial charge >= 0.3 is 5.63 Å². The molecule has 220 valence electrons. The molecule has 2 aliphatic heterocycles. The second-order valence-electron chi connectivity index (χ2n) is 11.3. The molecule has 10 heteroatoms. The highest BCUT2D eigenvalue weighted by Crippen LogP contribution is 2.41. The number of methoxy groups -OCH3 is 1. The first kappa shape index (κ1) is 28.3. The Labute approximate surface area is 245 Å². The van der Waals surface area contributed by atoms with Crippen molar-refractivity contribution < 1.29 is 23.0 Å². The van der Waals surface area contributed by atoms with E-state index >= 15 is 0 Å². The number of nitrogens with one attached hydrogen (secondary N) is 1. The summed E-state index contributed by atoms with van der Waals surface area (Å²) in [6.07, 6.45) is 3.19. The zero-order valence-corrected chi connectivity index (χ0v) is 24.9. The van der Waals surface area contributed by atoms with Gasteiger partial charge in [-0.15, -0.1) is 0 Å². The number of hydrogen-bond acceptors (Lipinski definition) is 6. The molecule has 0 aliphatic carbocycles. The summed E-state index contributed by atoms with van der Waals surface area (Å²) in [5.74, 6) is -0.446. The molecule has 42 heavy (non-hydrogen) atoms. The Hall–Kier alpha value is -3.86.